The van der Waals surface area contributed by atoms with E-state index in [9.17, 15) is 4.79 Å². The van der Waals surface area contributed by atoms with Crippen molar-refractivity contribution in [2.45, 2.75) is 26.4 Å². The number of morpholine rings is 1. The molecular weight excluding hydrogens is 390 g/mol. The number of hydrogen-bond acceptors (Lipinski definition) is 8. The van der Waals surface area contributed by atoms with E-state index >= 15 is 0 Å². The van der Waals surface area contributed by atoms with Gasteiger partial charge in [0.05, 0.1) is 23.4 Å². The van der Waals surface area contributed by atoms with Gasteiger partial charge in [0.15, 0.2) is 5.82 Å². The minimum absolute atomic E-state index is 0.205. The third kappa shape index (κ3) is 4.53. The fourth-order valence-electron chi connectivity index (χ4n) is 2.62. The number of amides is 1. The van der Waals surface area contributed by atoms with E-state index in [0.717, 1.165) is 34.1 Å². The van der Waals surface area contributed by atoms with Gasteiger partial charge in [0.1, 0.15) is 10.6 Å². The van der Waals surface area contributed by atoms with Crippen LogP contribution in [0.4, 0.5) is 15.6 Å². The van der Waals surface area contributed by atoms with Crippen LogP contribution < -0.4 is 9.91 Å². The number of halogens is 1. The second-order valence-electron chi connectivity index (χ2n) is 7.24. The lowest BCUT2D eigenvalue weighted by atomic mass is 10.2. The molecule has 1 fully saturated rings. The lowest BCUT2D eigenvalue weighted by Gasteiger charge is -2.31. The first kappa shape index (κ1) is 19.9. The molecule has 0 aromatic carbocycles. The normalized spacial score (nSPS) is 15.1. The van der Waals surface area contributed by atoms with Crippen molar-refractivity contribution in [3.63, 3.8) is 0 Å². The molecule has 0 aliphatic carbocycles. The maximum atomic E-state index is 12.4. The van der Waals surface area contributed by atoms with E-state index < -0.39 is 11.7 Å². The van der Waals surface area contributed by atoms with Crippen LogP contribution >= 0.6 is 22.9 Å². The first-order valence-electron chi connectivity index (χ1n) is 8.66. The Morgan fingerprint density at radius 2 is 1.96 bits per heavy atom. The number of hydrazine groups is 1. The molecule has 0 radical (unpaired) electrons. The number of carbonyl (C=O) groups excluding carboxylic acids is 1. The second kappa shape index (κ2) is 7.65. The molecule has 0 saturated carbocycles. The second-order valence-corrected chi connectivity index (χ2v) is 8.61. The molecule has 3 heterocycles. The molecule has 3 rings (SSSR count). The number of fused-ring (bicyclic) bond motifs is 1. The monoisotopic (exact) mass is 413 g/mol. The predicted octanol–water partition coefficient (Wildman–Crippen LogP) is 3.40. The van der Waals surface area contributed by atoms with Crippen molar-refractivity contribution in [1.29, 1.82) is 0 Å². The van der Waals surface area contributed by atoms with Gasteiger partial charge < -0.3 is 14.4 Å². The largest absolute Gasteiger partial charge is 0.442 e. The maximum Gasteiger partial charge on any atom is 0.429 e. The summed E-state index contributed by atoms with van der Waals surface area (Å²) in [7, 11) is 3.47. The zero-order chi connectivity index (χ0) is 19.8. The highest BCUT2D eigenvalue weighted by molar-refractivity contribution is 7.23. The van der Waals surface area contributed by atoms with Gasteiger partial charge in [-0.2, -0.15) is 4.98 Å². The predicted molar refractivity (Wildman–Crippen MR) is 108 cm³/mol. The number of anilines is 2. The van der Waals surface area contributed by atoms with Crippen molar-refractivity contribution in [2.75, 3.05) is 50.3 Å². The van der Waals surface area contributed by atoms with Gasteiger partial charge in [0, 0.05) is 33.3 Å². The van der Waals surface area contributed by atoms with Gasteiger partial charge in [0.25, 0.3) is 0 Å². The van der Waals surface area contributed by atoms with E-state index in [1.807, 2.05) is 26.8 Å². The van der Waals surface area contributed by atoms with Crippen LogP contribution in [0.1, 0.15) is 20.8 Å². The first-order valence-corrected chi connectivity index (χ1v) is 9.85. The van der Waals surface area contributed by atoms with E-state index in [1.54, 1.807) is 19.1 Å². The molecule has 0 atom stereocenters. The zero-order valence-electron chi connectivity index (χ0n) is 16.2. The standard InChI is InChI=1S/C17H24ClN5O3S/c1-17(2,3)26-16(24)22(5)21(4)12-10-11-13(27-12)14(20-15(18)19-11)23-6-8-25-9-7-23/h10H,6-9H2,1-5H3. The number of aromatic nitrogens is 2. The van der Waals surface area contributed by atoms with Gasteiger partial charge in [-0.3, -0.25) is 5.01 Å². The molecule has 1 amide bonds. The summed E-state index contributed by atoms with van der Waals surface area (Å²) in [5.41, 5.74) is 0.190. The van der Waals surface area contributed by atoms with Crippen molar-refractivity contribution < 1.29 is 14.3 Å². The average molecular weight is 414 g/mol. The van der Waals surface area contributed by atoms with Crippen LogP contribution in [0.25, 0.3) is 10.2 Å². The third-order valence-corrected chi connectivity index (χ3v) is 5.41. The Morgan fingerprint density at radius 1 is 1.30 bits per heavy atom. The quantitative estimate of drug-likeness (QED) is 0.564. The summed E-state index contributed by atoms with van der Waals surface area (Å²) in [6.07, 6.45) is -0.431. The van der Waals surface area contributed by atoms with Crippen LogP contribution in [-0.4, -0.2) is 67.1 Å². The van der Waals surface area contributed by atoms with Crippen molar-refractivity contribution in [2.24, 2.45) is 0 Å². The molecular formula is C17H24ClN5O3S. The summed E-state index contributed by atoms with van der Waals surface area (Å²) in [5, 5.41) is 4.21. The molecule has 148 valence electrons. The van der Waals surface area contributed by atoms with Crippen LogP contribution in [0, 0.1) is 0 Å². The van der Waals surface area contributed by atoms with E-state index in [4.69, 9.17) is 21.1 Å². The Bertz CT molecular complexity index is 832. The minimum Gasteiger partial charge on any atom is -0.442 e. The summed E-state index contributed by atoms with van der Waals surface area (Å²) in [5.74, 6) is 0.804. The van der Waals surface area contributed by atoms with Gasteiger partial charge in [-0.15, -0.1) is 11.3 Å². The number of carbonyl (C=O) groups is 1. The van der Waals surface area contributed by atoms with Gasteiger partial charge in [-0.1, -0.05) is 0 Å². The van der Waals surface area contributed by atoms with Crippen LogP contribution in [0.15, 0.2) is 6.07 Å². The molecule has 0 bridgehead atoms. The smallest absolute Gasteiger partial charge is 0.429 e. The van der Waals surface area contributed by atoms with Crippen molar-refractivity contribution in [3.8, 4) is 0 Å². The summed E-state index contributed by atoms with van der Waals surface area (Å²) < 4.78 is 11.8. The third-order valence-electron chi connectivity index (χ3n) is 4.05. The van der Waals surface area contributed by atoms with E-state index in [1.165, 1.54) is 16.3 Å². The molecule has 10 heteroatoms. The maximum absolute atomic E-state index is 12.4. The Hall–Kier alpha value is -1.84. The van der Waals surface area contributed by atoms with E-state index in [0.29, 0.717) is 13.2 Å². The van der Waals surface area contributed by atoms with Gasteiger partial charge in [-0.25, -0.2) is 14.8 Å². The van der Waals surface area contributed by atoms with Crippen LogP contribution in [0.2, 0.25) is 5.28 Å². The highest BCUT2D eigenvalue weighted by Gasteiger charge is 2.25. The number of hydrogen-bond donors (Lipinski definition) is 0. The molecule has 27 heavy (non-hydrogen) atoms. The Morgan fingerprint density at radius 3 is 2.59 bits per heavy atom. The van der Waals surface area contributed by atoms with Crippen LogP contribution in [0.3, 0.4) is 0 Å². The number of ether oxygens (including phenoxy) is 2. The molecule has 2 aromatic rings. The lowest BCUT2D eigenvalue weighted by Crippen LogP contribution is -2.43. The molecule has 8 nitrogen and oxygen atoms in total. The Balaban J connectivity index is 1.90. The fraction of sp³-hybridized carbons (Fsp3) is 0.588. The first-order chi connectivity index (χ1) is 12.7. The van der Waals surface area contributed by atoms with Gasteiger partial charge in [0.2, 0.25) is 5.28 Å². The van der Waals surface area contributed by atoms with E-state index in [-0.39, 0.29) is 5.28 Å². The summed E-state index contributed by atoms with van der Waals surface area (Å²) in [6, 6.07) is 1.90. The van der Waals surface area contributed by atoms with Gasteiger partial charge >= 0.3 is 6.09 Å². The number of thiophene rings is 1. The van der Waals surface area contributed by atoms with Crippen molar-refractivity contribution in [1.82, 2.24) is 15.0 Å². The van der Waals surface area contributed by atoms with Crippen molar-refractivity contribution in [3.05, 3.63) is 11.3 Å². The molecule has 0 unspecified atom stereocenters. The minimum atomic E-state index is -0.561. The number of nitrogens with zero attached hydrogens (tertiary/aromatic N) is 5. The highest BCUT2D eigenvalue weighted by Crippen LogP contribution is 2.37. The van der Waals surface area contributed by atoms with Gasteiger partial charge in [-0.05, 0) is 32.4 Å². The van der Waals surface area contributed by atoms with E-state index in [2.05, 4.69) is 14.9 Å². The topological polar surface area (TPSA) is 71.0 Å². The highest BCUT2D eigenvalue weighted by atomic mass is 35.5. The number of rotatable bonds is 3. The average Bonchev–Trinajstić information content (AvgIpc) is 3.02. The summed E-state index contributed by atoms with van der Waals surface area (Å²) in [6.45, 7) is 8.33. The Labute approximate surface area is 167 Å². The van der Waals surface area contributed by atoms with Crippen molar-refractivity contribution >= 4 is 50.1 Å². The van der Waals surface area contributed by atoms with Crippen LogP contribution in [0.5, 0.6) is 0 Å². The van der Waals surface area contributed by atoms with Crippen LogP contribution in [-0.2, 0) is 9.47 Å². The fourth-order valence-corrected chi connectivity index (χ4v) is 3.90. The summed E-state index contributed by atoms with van der Waals surface area (Å²) >= 11 is 7.65. The molecule has 1 saturated heterocycles. The molecule has 2 aromatic heterocycles. The summed E-state index contributed by atoms with van der Waals surface area (Å²) in [4.78, 5) is 23.3. The molecule has 0 N–H and O–H groups in total. The molecule has 1 aliphatic heterocycles. The SMILES string of the molecule is CN(C(=O)OC(C)(C)C)N(C)c1cc2nc(Cl)nc(N3CCOCC3)c2s1. The molecule has 0 spiro atoms. The zero-order valence-corrected chi connectivity index (χ0v) is 17.7. The molecule has 1 aliphatic rings. The Kier molecular flexibility index (Phi) is 5.64. The lowest BCUT2D eigenvalue weighted by molar-refractivity contribution is 0.0289.